The molecule has 1 aromatic rings. The smallest absolute Gasteiger partial charge is 0.201 e. The number of carboxylic acid groups (broad SMARTS) is 1. The van der Waals surface area contributed by atoms with Gasteiger partial charge in [-0.25, -0.2) is 9.56 Å². The highest BCUT2D eigenvalue weighted by Crippen LogP contribution is 2.31. The summed E-state index contributed by atoms with van der Waals surface area (Å²) in [5.41, 5.74) is 3.03. The maximum Gasteiger partial charge on any atom is 0.201 e. The number of carbonyl (C=O) groups is 1. The van der Waals surface area contributed by atoms with Gasteiger partial charge >= 0.3 is 0 Å². The van der Waals surface area contributed by atoms with Crippen molar-refractivity contribution in [3.8, 4) is 10.6 Å². The molecular formula is C19H21N3O2S. The van der Waals surface area contributed by atoms with Crippen molar-refractivity contribution in [3.05, 3.63) is 41.8 Å². The van der Waals surface area contributed by atoms with Crippen molar-refractivity contribution in [3.63, 3.8) is 0 Å². The molecule has 25 heavy (non-hydrogen) atoms. The molecule has 0 unspecified atom stereocenters. The van der Waals surface area contributed by atoms with E-state index >= 15 is 0 Å². The lowest BCUT2D eigenvalue weighted by atomic mass is 10.2. The van der Waals surface area contributed by atoms with E-state index in [0.29, 0.717) is 13.0 Å². The van der Waals surface area contributed by atoms with Crippen LogP contribution in [0.15, 0.2) is 36.4 Å². The number of aliphatic carboxylic acids is 1. The number of anilines is 1. The Kier molecular flexibility index (Phi) is 4.99. The highest BCUT2D eigenvalue weighted by molar-refractivity contribution is 7.21. The van der Waals surface area contributed by atoms with Crippen LogP contribution in [0.4, 0.5) is 5.69 Å². The molecule has 0 amide bonds. The fourth-order valence-electron chi connectivity index (χ4n) is 2.71. The first-order valence-electron chi connectivity index (χ1n) is 8.20. The number of carboxylic acids is 1. The summed E-state index contributed by atoms with van der Waals surface area (Å²) in [5, 5.41) is 11.7. The second-order valence-electron chi connectivity index (χ2n) is 6.31. The topological polar surface area (TPSA) is 59.3 Å². The van der Waals surface area contributed by atoms with Crippen LogP contribution in [0.5, 0.6) is 0 Å². The number of hydrogen-bond acceptors (Lipinski definition) is 5. The van der Waals surface area contributed by atoms with Crippen molar-refractivity contribution in [2.24, 2.45) is 0 Å². The van der Waals surface area contributed by atoms with Gasteiger partial charge in [-0.15, -0.1) is 11.3 Å². The predicted molar refractivity (Wildman–Crippen MR) is 101 cm³/mol. The van der Waals surface area contributed by atoms with Gasteiger partial charge in [0, 0.05) is 37.4 Å². The second kappa shape index (κ2) is 7.19. The van der Waals surface area contributed by atoms with E-state index < -0.39 is 5.97 Å². The first-order valence-corrected chi connectivity index (χ1v) is 9.01. The van der Waals surface area contributed by atoms with Crippen LogP contribution < -0.4 is 19.9 Å². The summed E-state index contributed by atoms with van der Waals surface area (Å²) in [5.74, 6) is -0.999. The Hall–Kier alpha value is -2.47. The number of benzene rings is 2. The highest BCUT2D eigenvalue weighted by atomic mass is 32.1. The Balaban J connectivity index is 1.96. The van der Waals surface area contributed by atoms with Gasteiger partial charge in [-0.05, 0) is 37.1 Å². The Morgan fingerprint density at radius 3 is 2.76 bits per heavy atom. The molecule has 0 saturated heterocycles. The number of aromatic nitrogens is 1. The summed E-state index contributed by atoms with van der Waals surface area (Å²) in [6.45, 7) is 0.677. The van der Waals surface area contributed by atoms with Crippen molar-refractivity contribution in [2.75, 3.05) is 32.6 Å². The average molecular weight is 355 g/mol. The van der Waals surface area contributed by atoms with Crippen LogP contribution in [0.3, 0.4) is 0 Å². The summed E-state index contributed by atoms with van der Waals surface area (Å²) in [7, 11) is 6.03. The summed E-state index contributed by atoms with van der Waals surface area (Å²) in [4.78, 5) is 18.5. The number of rotatable bonds is 5. The number of carbonyl (C=O) groups excluding carboxylic acids is 1. The first kappa shape index (κ1) is 17.4. The van der Waals surface area contributed by atoms with Crippen molar-refractivity contribution >= 4 is 33.2 Å². The van der Waals surface area contributed by atoms with Gasteiger partial charge in [-0.3, -0.25) is 0 Å². The van der Waals surface area contributed by atoms with E-state index in [9.17, 15) is 9.90 Å². The van der Waals surface area contributed by atoms with Gasteiger partial charge in [0.2, 0.25) is 5.36 Å². The van der Waals surface area contributed by atoms with Gasteiger partial charge in [0.1, 0.15) is 14.1 Å². The monoisotopic (exact) mass is 355 g/mol. The van der Waals surface area contributed by atoms with E-state index in [-0.39, 0.29) is 6.42 Å². The quantitative estimate of drug-likeness (QED) is 0.513. The standard InChI is InChI=1S/C19H21N3O2S/c1-21(2)13-6-8-15-17(11-13)25-18-12-14(7-9-16(18)20-15)22(3)10-4-5-19(23)24/h6-9,11-12H,4-5,10H2,1-3H3. The van der Waals surface area contributed by atoms with Crippen LogP contribution in [0.25, 0.3) is 20.8 Å². The molecule has 1 aliphatic heterocycles. The number of nitrogens with zero attached hydrogens (tertiary/aromatic N) is 3. The minimum Gasteiger partial charge on any atom is -0.550 e. The molecule has 6 heteroatoms. The summed E-state index contributed by atoms with van der Waals surface area (Å²) < 4.78 is 3.20. The van der Waals surface area contributed by atoms with Crippen LogP contribution in [-0.4, -0.2) is 38.6 Å². The molecular weight excluding hydrogens is 334 g/mol. The van der Waals surface area contributed by atoms with Gasteiger partial charge in [-0.1, -0.05) is 0 Å². The van der Waals surface area contributed by atoms with Gasteiger partial charge in [0.25, 0.3) is 0 Å². The Labute approximate surface area is 150 Å². The Bertz CT molecular complexity index is 960. The zero-order valence-corrected chi connectivity index (χ0v) is 15.5. The van der Waals surface area contributed by atoms with Crippen LogP contribution in [-0.2, 0) is 4.79 Å². The Morgan fingerprint density at radius 2 is 2.04 bits per heavy atom. The SMILES string of the molecule is CN(CCCC(=O)[O-])c1ccc2nc3ccc(=[N+](C)C)cc-3sc2c1. The third-order valence-electron chi connectivity index (χ3n) is 4.18. The highest BCUT2D eigenvalue weighted by Gasteiger charge is 2.10. The van der Waals surface area contributed by atoms with E-state index in [1.54, 1.807) is 11.3 Å². The molecule has 1 heterocycles. The summed E-state index contributed by atoms with van der Waals surface area (Å²) in [6.07, 6.45) is 0.655. The summed E-state index contributed by atoms with van der Waals surface area (Å²) >= 11 is 1.72. The molecule has 3 rings (SSSR count). The second-order valence-corrected chi connectivity index (χ2v) is 7.39. The molecule has 0 fully saturated rings. The minimum absolute atomic E-state index is 0.0834. The van der Waals surface area contributed by atoms with Gasteiger partial charge in [0.05, 0.1) is 20.8 Å². The van der Waals surface area contributed by atoms with Crippen molar-refractivity contribution in [1.82, 2.24) is 9.56 Å². The van der Waals surface area contributed by atoms with Crippen molar-refractivity contribution in [1.29, 1.82) is 0 Å². The molecule has 0 saturated carbocycles. The molecule has 130 valence electrons. The fourth-order valence-corrected chi connectivity index (χ4v) is 3.74. The Morgan fingerprint density at radius 1 is 1.24 bits per heavy atom. The number of hydrogen-bond donors (Lipinski definition) is 0. The summed E-state index contributed by atoms with van der Waals surface area (Å²) in [6, 6.07) is 12.5. The average Bonchev–Trinajstić information content (AvgIpc) is 2.58. The molecule has 0 N–H and O–H groups in total. The van der Waals surface area contributed by atoms with E-state index in [0.717, 1.165) is 31.8 Å². The van der Waals surface area contributed by atoms with E-state index in [1.807, 2.05) is 33.3 Å². The lowest BCUT2D eigenvalue weighted by Gasteiger charge is -2.20. The lowest BCUT2D eigenvalue weighted by Crippen LogP contribution is -2.25. The van der Waals surface area contributed by atoms with Crippen molar-refractivity contribution < 1.29 is 9.90 Å². The van der Waals surface area contributed by atoms with Gasteiger partial charge in [0.15, 0.2) is 0 Å². The zero-order valence-electron chi connectivity index (χ0n) is 14.7. The van der Waals surface area contributed by atoms with Gasteiger partial charge in [-0.2, -0.15) is 0 Å². The molecule has 1 aromatic carbocycles. The molecule has 0 spiro atoms. The molecule has 0 atom stereocenters. The van der Waals surface area contributed by atoms with E-state index in [2.05, 4.69) is 33.7 Å². The molecule has 2 aliphatic rings. The number of fused-ring (bicyclic) bond motifs is 2. The normalized spacial score (nSPS) is 11.0. The third-order valence-corrected chi connectivity index (χ3v) is 5.27. The maximum atomic E-state index is 10.6. The van der Waals surface area contributed by atoms with Crippen molar-refractivity contribution in [2.45, 2.75) is 12.8 Å². The largest absolute Gasteiger partial charge is 0.550 e. The third kappa shape index (κ3) is 3.96. The van der Waals surface area contributed by atoms with Crippen LogP contribution >= 0.6 is 11.3 Å². The molecule has 5 nitrogen and oxygen atoms in total. The van der Waals surface area contributed by atoms with E-state index in [4.69, 9.17) is 4.98 Å². The van der Waals surface area contributed by atoms with Gasteiger partial charge < -0.3 is 14.8 Å². The molecule has 0 aromatic heterocycles. The van der Waals surface area contributed by atoms with Crippen LogP contribution in [0.2, 0.25) is 0 Å². The minimum atomic E-state index is -0.999. The fraction of sp³-hybridized carbons (Fsp3) is 0.316. The maximum absolute atomic E-state index is 10.6. The molecule has 1 aliphatic carbocycles. The molecule has 0 radical (unpaired) electrons. The predicted octanol–water partition coefficient (Wildman–Crippen LogP) is 1.40. The molecule has 0 bridgehead atoms. The zero-order chi connectivity index (χ0) is 18.0. The van der Waals surface area contributed by atoms with Crippen LogP contribution in [0, 0.1) is 0 Å². The van der Waals surface area contributed by atoms with Crippen LogP contribution in [0.1, 0.15) is 12.8 Å². The lowest BCUT2D eigenvalue weighted by molar-refractivity contribution is -0.305. The first-order chi connectivity index (χ1) is 11.9. The van der Waals surface area contributed by atoms with E-state index in [1.165, 1.54) is 0 Å².